The molecule has 112 valence electrons. The Morgan fingerprint density at radius 2 is 1.90 bits per heavy atom. The van der Waals surface area contributed by atoms with Crippen molar-refractivity contribution in [2.45, 2.75) is 25.4 Å². The number of carbonyl (C=O) groups is 2. The first-order valence-corrected chi connectivity index (χ1v) is 6.52. The summed E-state index contributed by atoms with van der Waals surface area (Å²) in [6.07, 6.45) is 1.39. The van der Waals surface area contributed by atoms with Crippen molar-refractivity contribution in [3.63, 3.8) is 0 Å². The van der Waals surface area contributed by atoms with Crippen LogP contribution < -0.4 is 0 Å². The molecule has 0 aliphatic heterocycles. The minimum absolute atomic E-state index is 0.0756. The molecular formula is C14H15NO6. The minimum atomic E-state index is -0.529. The number of benzene rings is 1. The molecule has 0 spiro atoms. The summed E-state index contributed by atoms with van der Waals surface area (Å²) < 4.78 is 9.83. The summed E-state index contributed by atoms with van der Waals surface area (Å²) in [6, 6.07) is 5.25. The summed E-state index contributed by atoms with van der Waals surface area (Å²) in [6.45, 7) is 0. The number of nitro groups is 1. The Balaban J connectivity index is 1.81. The van der Waals surface area contributed by atoms with Gasteiger partial charge in [-0.25, -0.2) is 4.79 Å². The highest BCUT2D eigenvalue weighted by atomic mass is 16.6. The van der Waals surface area contributed by atoms with Gasteiger partial charge in [-0.3, -0.25) is 14.9 Å². The molecule has 0 aromatic heterocycles. The van der Waals surface area contributed by atoms with Crippen LogP contribution in [0.5, 0.6) is 0 Å². The Bertz CT molecular complexity index is 547. The van der Waals surface area contributed by atoms with Gasteiger partial charge in [-0.05, 0) is 30.9 Å². The Kier molecular flexibility index (Phi) is 4.52. The fourth-order valence-electron chi connectivity index (χ4n) is 2.20. The quantitative estimate of drug-likeness (QED) is 0.468. The first-order valence-electron chi connectivity index (χ1n) is 6.52. The Hall–Kier alpha value is -2.44. The van der Waals surface area contributed by atoms with E-state index in [1.54, 1.807) is 0 Å². The molecule has 2 rings (SSSR count). The van der Waals surface area contributed by atoms with E-state index < -0.39 is 10.9 Å². The van der Waals surface area contributed by atoms with Crippen LogP contribution in [0.15, 0.2) is 24.3 Å². The van der Waals surface area contributed by atoms with Gasteiger partial charge >= 0.3 is 11.9 Å². The van der Waals surface area contributed by atoms with E-state index in [0.717, 1.165) is 0 Å². The van der Waals surface area contributed by atoms with Crippen LogP contribution in [0.25, 0.3) is 0 Å². The molecule has 1 aromatic rings. The third kappa shape index (κ3) is 3.77. The fourth-order valence-corrected chi connectivity index (χ4v) is 2.20. The van der Waals surface area contributed by atoms with E-state index in [1.165, 1.54) is 31.4 Å². The van der Waals surface area contributed by atoms with Crippen molar-refractivity contribution in [3.05, 3.63) is 39.9 Å². The van der Waals surface area contributed by atoms with Crippen LogP contribution in [0, 0.1) is 16.0 Å². The largest absolute Gasteiger partial charge is 0.469 e. The molecule has 0 atom stereocenters. The summed E-state index contributed by atoms with van der Waals surface area (Å²) >= 11 is 0. The molecule has 0 radical (unpaired) electrons. The van der Waals surface area contributed by atoms with Crippen molar-refractivity contribution in [1.29, 1.82) is 0 Å². The zero-order valence-electron chi connectivity index (χ0n) is 11.5. The maximum atomic E-state index is 11.8. The SMILES string of the molecule is COC(=O)CC1CC(OC(=O)c2ccc([N+](=O)[O-])cc2)C1. The molecule has 1 saturated carbocycles. The second kappa shape index (κ2) is 6.34. The van der Waals surface area contributed by atoms with Crippen molar-refractivity contribution in [1.82, 2.24) is 0 Å². The standard InChI is InChI=1S/C14H15NO6/c1-20-13(16)8-9-6-12(7-9)21-14(17)10-2-4-11(5-3-10)15(18)19/h2-5,9,12H,6-8H2,1H3. The minimum Gasteiger partial charge on any atom is -0.469 e. The molecule has 1 aliphatic rings. The summed E-state index contributed by atoms with van der Waals surface area (Å²) in [5, 5.41) is 10.5. The molecule has 0 heterocycles. The summed E-state index contributed by atoms with van der Waals surface area (Å²) in [4.78, 5) is 32.9. The van der Waals surface area contributed by atoms with Crippen molar-refractivity contribution in [3.8, 4) is 0 Å². The number of rotatable bonds is 5. The van der Waals surface area contributed by atoms with Crippen LogP contribution in [-0.4, -0.2) is 30.1 Å². The first kappa shape index (κ1) is 15.0. The molecule has 0 unspecified atom stereocenters. The third-order valence-corrected chi connectivity index (χ3v) is 3.46. The number of methoxy groups -OCH3 is 1. The van der Waals surface area contributed by atoms with E-state index in [0.29, 0.717) is 19.3 Å². The molecule has 0 bridgehead atoms. The van der Waals surface area contributed by atoms with Gasteiger partial charge in [-0.1, -0.05) is 0 Å². The van der Waals surface area contributed by atoms with Crippen molar-refractivity contribution < 1.29 is 24.0 Å². The molecule has 1 aliphatic carbocycles. The van der Waals surface area contributed by atoms with Gasteiger partial charge in [0, 0.05) is 18.6 Å². The molecule has 7 heteroatoms. The number of carbonyl (C=O) groups excluding carboxylic acids is 2. The molecule has 1 fully saturated rings. The predicted octanol–water partition coefficient (Wildman–Crippen LogP) is 2.09. The maximum absolute atomic E-state index is 11.8. The van der Waals surface area contributed by atoms with Gasteiger partial charge in [0.05, 0.1) is 17.6 Å². The number of hydrogen-bond donors (Lipinski definition) is 0. The number of ether oxygens (including phenoxy) is 2. The van der Waals surface area contributed by atoms with E-state index in [-0.39, 0.29) is 29.2 Å². The smallest absolute Gasteiger partial charge is 0.338 e. The average Bonchev–Trinajstić information content (AvgIpc) is 2.44. The lowest BCUT2D eigenvalue weighted by Gasteiger charge is -2.33. The summed E-state index contributed by atoms with van der Waals surface area (Å²) in [7, 11) is 1.34. The number of nitro benzene ring substituents is 1. The number of nitrogens with zero attached hydrogens (tertiary/aromatic N) is 1. The van der Waals surface area contributed by atoms with E-state index in [9.17, 15) is 19.7 Å². The topological polar surface area (TPSA) is 95.7 Å². The Labute approximate surface area is 121 Å². The van der Waals surface area contributed by atoms with E-state index in [4.69, 9.17) is 4.74 Å². The average molecular weight is 293 g/mol. The lowest BCUT2D eigenvalue weighted by Crippen LogP contribution is -2.34. The lowest BCUT2D eigenvalue weighted by atomic mass is 9.80. The second-order valence-corrected chi connectivity index (χ2v) is 4.95. The number of hydrogen-bond acceptors (Lipinski definition) is 6. The first-order chi connectivity index (χ1) is 9.99. The molecule has 0 saturated heterocycles. The zero-order chi connectivity index (χ0) is 15.4. The maximum Gasteiger partial charge on any atom is 0.338 e. The van der Waals surface area contributed by atoms with Crippen molar-refractivity contribution in [2.75, 3.05) is 7.11 Å². The van der Waals surface area contributed by atoms with Crippen LogP contribution >= 0.6 is 0 Å². The third-order valence-electron chi connectivity index (χ3n) is 3.46. The van der Waals surface area contributed by atoms with Crippen LogP contribution in [0.1, 0.15) is 29.6 Å². The highest BCUT2D eigenvalue weighted by molar-refractivity contribution is 5.89. The molecule has 0 amide bonds. The van der Waals surface area contributed by atoms with E-state index in [1.807, 2.05) is 0 Å². The van der Waals surface area contributed by atoms with Gasteiger partial charge in [-0.2, -0.15) is 0 Å². The van der Waals surface area contributed by atoms with Gasteiger partial charge in [-0.15, -0.1) is 0 Å². The van der Waals surface area contributed by atoms with Crippen LogP contribution in [0.2, 0.25) is 0 Å². The molecular weight excluding hydrogens is 278 g/mol. The fraction of sp³-hybridized carbons (Fsp3) is 0.429. The highest BCUT2D eigenvalue weighted by Crippen LogP contribution is 2.33. The van der Waals surface area contributed by atoms with Crippen LogP contribution in [0.4, 0.5) is 5.69 Å². The van der Waals surface area contributed by atoms with Crippen LogP contribution in [-0.2, 0) is 14.3 Å². The second-order valence-electron chi connectivity index (χ2n) is 4.95. The van der Waals surface area contributed by atoms with Crippen molar-refractivity contribution >= 4 is 17.6 Å². The number of esters is 2. The number of non-ortho nitro benzene ring substituents is 1. The van der Waals surface area contributed by atoms with E-state index in [2.05, 4.69) is 4.74 Å². The van der Waals surface area contributed by atoms with Gasteiger partial charge in [0.25, 0.3) is 5.69 Å². The zero-order valence-corrected chi connectivity index (χ0v) is 11.5. The normalized spacial score (nSPS) is 20.2. The summed E-state index contributed by atoms with van der Waals surface area (Å²) in [5.74, 6) is -0.585. The summed E-state index contributed by atoms with van der Waals surface area (Å²) in [5.41, 5.74) is 0.199. The van der Waals surface area contributed by atoms with Gasteiger partial charge in [0.2, 0.25) is 0 Å². The lowest BCUT2D eigenvalue weighted by molar-refractivity contribution is -0.384. The predicted molar refractivity (Wildman–Crippen MR) is 71.7 cm³/mol. The van der Waals surface area contributed by atoms with E-state index >= 15 is 0 Å². The highest BCUT2D eigenvalue weighted by Gasteiger charge is 2.34. The monoisotopic (exact) mass is 293 g/mol. The molecule has 21 heavy (non-hydrogen) atoms. The van der Waals surface area contributed by atoms with Crippen LogP contribution in [0.3, 0.4) is 0 Å². The molecule has 1 aromatic carbocycles. The van der Waals surface area contributed by atoms with Gasteiger partial charge in [0.15, 0.2) is 0 Å². The van der Waals surface area contributed by atoms with Gasteiger partial charge < -0.3 is 9.47 Å². The Morgan fingerprint density at radius 1 is 1.29 bits per heavy atom. The molecule has 0 N–H and O–H groups in total. The Morgan fingerprint density at radius 3 is 2.43 bits per heavy atom. The van der Waals surface area contributed by atoms with Gasteiger partial charge in [0.1, 0.15) is 6.10 Å². The molecule has 7 nitrogen and oxygen atoms in total. The van der Waals surface area contributed by atoms with Crippen molar-refractivity contribution in [2.24, 2.45) is 5.92 Å².